The number of oxazole rings is 1. The second kappa shape index (κ2) is 10.5. The second-order valence-electron chi connectivity index (χ2n) is 9.77. The molecule has 6 heterocycles. The molecule has 0 bridgehead atoms. The van der Waals surface area contributed by atoms with Gasteiger partial charge in [0.2, 0.25) is 5.89 Å². The zero-order valence-electron chi connectivity index (χ0n) is 21.3. The van der Waals surface area contributed by atoms with Crippen LogP contribution < -0.4 is 5.32 Å². The molecule has 3 aliphatic rings. The first kappa shape index (κ1) is 25.6. The van der Waals surface area contributed by atoms with Crippen LogP contribution in [0, 0.1) is 0 Å². The Bertz CT molecular complexity index is 1320. The maximum atomic E-state index is 6.33. The first-order chi connectivity index (χ1) is 19.3. The van der Waals surface area contributed by atoms with Crippen LogP contribution in [0.25, 0.3) is 0 Å². The molecule has 0 amide bonds. The van der Waals surface area contributed by atoms with Crippen LogP contribution in [0.5, 0.6) is 0 Å². The van der Waals surface area contributed by atoms with E-state index >= 15 is 0 Å². The Morgan fingerprint density at radius 2 is 1.87 bits per heavy atom. The SMILES string of the molecule is C1=CC(SN2CCNCC2)(c2ccon2)C(c2ccsn2)(c2nccs2)C(c2ncco2)(N2CCOCC2)C1. The molecule has 3 atom stereocenters. The molecule has 2 saturated heterocycles. The summed E-state index contributed by atoms with van der Waals surface area (Å²) in [5, 5.41) is 13.2. The van der Waals surface area contributed by atoms with Gasteiger partial charge in [-0.1, -0.05) is 29.3 Å². The molecule has 0 saturated carbocycles. The summed E-state index contributed by atoms with van der Waals surface area (Å²) >= 11 is 4.89. The van der Waals surface area contributed by atoms with Gasteiger partial charge in [0.15, 0.2) is 0 Å². The highest BCUT2D eigenvalue weighted by Gasteiger charge is 2.74. The fraction of sp³-hybridized carbons (Fsp3) is 0.462. The van der Waals surface area contributed by atoms with E-state index in [9.17, 15) is 0 Å². The Hall–Kier alpha value is -2.39. The van der Waals surface area contributed by atoms with E-state index in [-0.39, 0.29) is 0 Å². The summed E-state index contributed by atoms with van der Waals surface area (Å²) in [6.45, 7) is 6.32. The first-order valence-electron chi connectivity index (χ1n) is 13.1. The van der Waals surface area contributed by atoms with Crippen LogP contribution in [-0.2, 0) is 20.4 Å². The minimum atomic E-state index is -0.877. The summed E-state index contributed by atoms with van der Waals surface area (Å²) in [4.78, 5) is 12.5. The molecule has 1 aliphatic carbocycles. The fourth-order valence-electron chi connectivity index (χ4n) is 6.53. The topological polar surface area (TPSA) is 106 Å². The van der Waals surface area contributed by atoms with Gasteiger partial charge in [0.05, 0.1) is 25.1 Å². The van der Waals surface area contributed by atoms with E-state index in [1.165, 1.54) is 11.5 Å². The number of piperazine rings is 1. The van der Waals surface area contributed by atoms with Crippen molar-refractivity contribution in [2.45, 2.75) is 22.1 Å². The zero-order valence-corrected chi connectivity index (χ0v) is 23.7. The predicted molar refractivity (Wildman–Crippen MR) is 150 cm³/mol. The summed E-state index contributed by atoms with van der Waals surface area (Å²) in [7, 11) is 0. The molecule has 13 heteroatoms. The smallest absolute Gasteiger partial charge is 0.216 e. The molecule has 2 aliphatic heterocycles. The number of hydrogen-bond acceptors (Lipinski definition) is 13. The Labute approximate surface area is 238 Å². The highest BCUT2D eigenvalue weighted by atomic mass is 32.2. The van der Waals surface area contributed by atoms with E-state index in [2.05, 4.69) is 37.9 Å². The van der Waals surface area contributed by atoms with Crippen molar-refractivity contribution < 1.29 is 13.7 Å². The van der Waals surface area contributed by atoms with Crippen LogP contribution in [0.2, 0.25) is 0 Å². The molecule has 0 spiro atoms. The largest absolute Gasteiger partial charge is 0.447 e. The molecule has 10 nitrogen and oxygen atoms in total. The van der Waals surface area contributed by atoms with Gasteiger partial charge in [-0.15, -0.1) is 11.3 Å². The number of thiazole rings is 1. The maximum absolute atomic E-state index is 6.33. The van der Waals surface area contributed by atoms with Crippen LogP contribution in [-0.4, -0.2) is 81.2 Å². The lowest BCUT2D eigenvalue weighted by Gasteiger charge is -2.61. The lowest BCUT2D eigenvalue weighted by atomic mass is 9.54. The van der Waals surface area contributed by atoms with Gasteiger partial charge in [0.1, 0.15) is 38.9 Å². The molecule has 0 radical (unpaired) electrons. The fourth-order valence-corrected chi connectivity index (χ4v) is 9.78. The molecular weight excluding hydrogens is 555 g/mol. The van der Waals surface area contributed by atoms with Gasteiger partial charge in [-0.2, -0.15) is 4.37 Å². The van der Waals surface area contributed by atoms with Gasteiger partial charge in [-0.25, -0.2) is 14.3 Å². The molecule has 204 valence electrons. The van der Waals surface area contributed by atoms with E-state index in [0.717, 1.165) is 55.7 Å². The average Bonchev–Trinajstić information content (AvgIpc) is 3.82. The minimum Gasteiger partial charge on any atom is -0.447 e. The quantitative estimate of drug-likeness (QED) is 0.255. The normalized spacial score (nSPS) is 30.6. The third-order valence-electron chi connectivity index (χ3n) is 8.02. The van der Waals surface area contributed by atoms with Gasteiger partial charge in [-0.3, -0.25) is 4.90 Å². The van der Waals surface area contributed by atoms with Crippen LogP contribution in [0.15, 0.2) is 68.9 Å². The third-order valence-corrected chi connectivity index (χ3v) is 11.0. The number of morpholine rings is 1. The molecule has 39 heavy (non-hydrogen) atoms. The van der Waals surface area contributed by atoms with E-state index in [0.29, 0.717) is 25.5 Å². The van der Waals surface area contributed by atoms with Crippen molar-refractivity contribution in [3.8, 4) is 0 Å². The Morgan fingerprint density at radius 3 is 2.56 bits per heavy atom. The van der Waals surface area contributed by atoms with Crippen molar-refractivity contribution in [3.63, 3.8) is 0 Å². The van der Waals surface area contributed by atoms with Crippen molar-refractivity contribution in [2.24, 2.45) is 0 Å². The van der Waals surface area contributed by atoms with Crippen molar-refractivity contribution in [3.05, 3.63) is 82.3 Å². The van der Waals surface area contributed by atoms with Crippen LogP contribution in [0.3, 0.4) is 0 Å². The van der Waals surface area contributed by atoms with E-state index in [1.54, 1.807) is 42.0 Å². The molecule has 1 N–H and O–H groups in total. The Morgan fingerprint density at radius 1 is 0.974 bits per heavy atom. The number of hydrogen-bond donors (Lipinski definition) is 1. The zero-order chi connectivity index (χ0) is 26.2. The van der Waals surface area contributed by atoms with E-state index in [1.807, 2.05) is 23.0 Å². The van der Waals surface area contributed by atoms with Crippen molar-refractivity contribution in [1.82, 2.24) is 34.0 Å². The lowest BCUT2D eigenvalue weighted by molar-refractivity contribution is -0.0758. The van der Waals surface area contributed by atoms with E-state index in [4.69, 9.17) is 28.0 Å². The molecule has 4 aromatic rings. The van der Waals surface area contributed by atoms with Gasteiger partial charge in [0.25, 0.3) is 0 Å². The molecule has 2 fully saturated rings. The molecule has 4 aromatic heterocycles. The van der Waals surface area contributed by atoms with Gasteiger partial charge in [-0.05, 0) is 24.0 Å². The first-order valence-corrected chi connectivity index (χ1v) is 15.6. The molecule has 0 aromatic carbocycles. The standard InChI is InChI=1S/C26H29N7O3S3/c1-4-24(22-28-8-15-35-22,32-12-16-34-17-13-32)26(21-3-18-38-31-21,23-29-9-19-37-23)25(5-1,20-2-14-36-30-20)39-33-10-6-27-7-11-33/h1-3,5,8-9,14-15,18-19,27H,4,6-7,10-13,16-17H2. The number of nitrogens with one attached hydrogen (secondary N) is 1. The number of rotatable bonds is 7. The monoisotopic (exact) mass is 583 g/mol. The Kier molecular flexibility index (Phi) is 6.91. The second-order valence-corrected chi connectivity index (χ2v) is 12.7. The summed E-state index contributed by atoms with van der Waals surface area (Å²) in [5.41, 5.74) is 0.0786. The van der Waals surface area contributed by atoms with Crippen LogP contribution in [0.1, 0.15) is 28.7 Å². The van der Waals surface area contributed by atoms with Crippen molar-refractivity contribution in [2.75, 3.05) is 52.5 Å². The number of nitrogens with zero attached hydrogens (tertiary/aromatic N) is 6. The van der Waals surface area contributed by atoms with Gasteiger partial charge < -0.3 is 19.0 Å². The van der Waals surface area contributed by atoms with E-state index < -0.39 is 15.7 Å². The molecule has 7 rings (SSSR count). The predicted octanol–water partition coefficient (Wildman–Crippen LogP) is 3.50. The third kappa shape index (κ3) is 3.82. The minimum absolute atomic E-state index is 0.624. The highest BCUT2D eigenvalue weighted by Crippen LogP contribution is 2.68. The van der Waals surface area contributed by atoms with Crippen LogP contribution in [0.4, 0.5) is 0 Å². The summed E-state index contributed by atoms with van der Waals surface area (Å²) in [6.07, 6.45) is 12.2. The Balaban J connectivity index is 1.61. The van der Waals surface area contributed by atoms with Gasteiger partial charge >= 0.3 is 0 Å². The molecule has 3 unspecified atom stereocenters. The number of ether oxygens (including phenoxy) is 1. The van der Waals surface area contributed by atoms with Crippen LogP contribution >= 0.6 is 34.8 Å². The average molecular weight is 584 g/mol. The maximum Gasteiger partial charge on any atom is 0.216 e. The highest BCUT2D eigenvalue weighted by molar-refractivity contribution is 7.98. The number of aromatic nitrogens is 4. The summed E-state index contributed by atoms with van der Waals surface area (Å²) in [5.74, 6) is 0.644. The van der Waals surface area contributed by atoms with Crippen molar-refractivity contribution >= 4 is 34.8 Å². The summed E-state index contributed by atoms with van der Waals surface area (Å²) in [6, 6.07) is 4.12. The van der Waals surface area contributed by atoms with Crippen molar-refractivity contribution in [1.29, 1.82) is 0 Å². The summed E-state index contributed by atoms with van der Waals surface area (Å²) < 4.78 is 24.5. The lowest BCUT2D eigenvalue weighted by Crippen LogP contribution is -2.70. The van der Waals surface area contributed by atoms with Gasteiger partial charge in [0, 0.05) is 62.3 Å². The molecular formula is C26H29N7O3S3.